The highest BCUT2D eigenvalue weighted by atomic mass is 16.1. The molecule has 0 bridgehead atoms. The summed E-state index contributed by atoms with van der Waals surface area (Å²) in [6.07, 6.45) is 1.95. The second kappa shape index (κ2) is 4.21. The van der Waals surface area contributed by atoms with Crippen LogP contribution in [0.2, 0.25) is 0 Å². The smallest absolute Gasteiger partial charge is 0.137 e. The number of carbonyl (C=O) groups is 2. The predicted molar refractivity (Wildman–Crippen MR) is 33.9 cm³/mol. The van der Waals surface area contributed by atoms with Crippen LogP contribution in [0.4, 0.5) is 0 Å². The van der Waals surface area contributed by atoms with Crippen LogP contribution >= 0.6 is 0 Å². The van der Waals surface area contributed by atoms with Crippen LogP contribution < -0.4 is 5.73 Å². The summed E-state index contributed by atoms with van der Waals surface area (Å²) < 4.78 is 0. The highest BCUT2D eigenvalue weighted by Gasteiger charge is 2.12. The molecule has 0 radical (unpaired) electrons. The van der Waals surface area contributed by atoms with Crippen LogP contribution in [0.3, 0.4) is 0 Å². The molecule has 2 N–H and O–H groups in total. The molecule has 0 aromatic carbocycles. The maximum Gasteiger partial charge on any atom is 0.137 e. The quantitative estimate of drug-likeness (QED) is 0.532. The molecule has 3 heteroatoms. The Balaban J connectivity index is 3.77. The van der Waals surface area contributed by atoms with Gasteiger partial charge in [-0.1, -0.05) is 6.92 Å². The Morgan fingerprint density at radius 1 is 1.44 bits per heavy atom. The molecule has 0 saturated heterocycles. The average molecular weight is 129 g/mol. The van der Waals surface area contributed by atoms with Crippen molar-refractivity contribution in [2.24, 2.45) is 11.7 Å². The lowest BCUT2D eigenvalue weighted by molar-refractivity contribution is -0.116. The first-order valence-electron chi connectivity index (χ1n) is 2.92. The van der Waals surface area contributed by atoms with Crippen LogP contribution in [-0.2, 0) is 9.59 Å². The Labute approximate surface area is 54.2 Å². The normalized spacial score (nSPS) is 16.2. The molecule has 3 nitrogen and oxygen atoms in total. The summed E-state index contributed by atoms with van der Waals surface area (Å²) in [5.74, 6) is -0.303. The van der Waals surface area contributed by atoms with E-state index in [1.54, 1.807) is 0 Å². The van der Waals surface area contributed by atoms with E-state index in [0.717, 1.165) is 6.29 Å². The Hall–Kier alpha value is -0.700. The molecular weight excluding hydrogens is 118 g/mol. The van der Waals surface area contributed by atoms with Crippen LogP contribution in [0.1, 0.15) is 13.3 Å². The molecule has 0 aromatic rings. The monoisotopic (exact) mass is 129 g/mol. The van der Waals surface area contributed by atoms with Crippen molar-refractivity contribution < 1.29 is 9.59 Å². The van der Waals surface area contributed by atoms with Crippen molar-refractivity contribution in [2.75, 3.05) is 0 Å². The molecule has 0 saturated carbocycles. The van der Waals surface area contributed by atoms with Crippen LogP contribution in [0.5, 0.6) is 0 Å². The lowest BCUT2D eigenvalue weighted by atomic mass is 10.0. The Morgan fingerprint density at radius 2 is 2.00 bits per heavy atom. The Morgan fingerprint density at radius 3 is 2.11 bits per heavy atom. The van der Waals surface area contributed by atoms with Crippen molar-refractivity contribution in [3.63, 3.8) is 0 Å². The van der Waals surface area contributed by atoms with Crippen LogP contribution in [0.25, 0.3) is 0 Å². The van der Waals surface area contributed by atoms with E-state index >= 15 is 0 Å². The van der Waals surface area contributed by atoms with Crippen molar-refractivity contribution >= 4 is 12.6 Å². The summed E-state index contributed by atoms with van der Waals surface area (Å²) >= 11 is 0. The van der Waals surface area contributed by atoms with Crippen LogP contribution in [-0.4, -0.2) is 18.6 Å². The number of rotatable bonds is 4. The van der Waals surface area contributed by atoms with Gasteiger partial charge in [0.15, 0.2) is 0 Å². The molecular formula is C6H11NO2. The first-order valence-corrected chi connectivity index (χ1v) is 2.92. The maximum absolute atomic E-state index is 10.1. The highest BCUT2D eigenvalue weighted by molar-refractivity contribution is 5.67. The van der Waals surface area contributed by atoms with Gasteiger partial charge in [0.05, 0.1) is 6.04 Å². The standard InChI is InChI=1S/C6H11NO2/c1-2-5(3-8)6(7)4-9/h3-6H,2,7H2,1H3. The number of aldehydes is 2. The van der Waals surface area contributed by atoms with Gasteiger partial charge >= 0.3 is 0 Å². The summed E-state index contributed by atoms with van der Waals surface area (Å²) in [5.41, 5.74) is 5.24. The van der Waals surface area contributed by atoms with E-state index in [1.165, 1.54) is 0 Å². The minimum atomic E-state index is -0.618. The number of nitrogens with two attached hydrogens (primary N) is 1. The van der Waals surface area contributed by atoms with Crippen molar-refractivity contribution in [1.29, 1.82) is 0 Å². The number of carbonyl (C=O) groups excluding carboxylic acids is 2. The zero-order valence-electron chi connectivity index (χ0n) is 5.41. The van der Waals surface area contributed by atoms with Gasteiger partial charge < -0.3 is 15.3 Å². The Kier molecular flexibility index (Phi) is 3.88. The molecule has 0 aliphatic rings. The SMILES string of the molecule is CCC(C=O)C(N)C=O. The van der Waals surface area contributed by atoms with E-state index < -0.39 is 6.04 Å². The average Bonchev–Trinajstić information content (AvgIpc) is 1.90. The highest BCUT2D eigenvalue weighted by Crippen LogP contribution is 1.99. The third-order valence-electron chi connectivity index (χ3n) is 1.30. The fourth-order valence-corrected chi connectivity index (χ4v) is 0.560. The molecule has 2 unspecified atom stereocenters. The van der Waals surface area contributed by atoms with Crippen molar-refractivity contribution in [3.05, 3.63) is 0 Å². The van der Waals surface area contributed by atoms with Gasteiger partial charge in [0.1, 0.15) is 12.6 Å². The Bertz CT molecular complexity index is 103. The molecule has 0 spiro atoms. The van der Waals surface area contributed by atoms with E-state index in [9.17, 15) is 9.59 Å². The summed E-state index contributed by atoms with van der Waals surface area (Å²) in [7, 11) is 0. The molecule has 2 atom stereocenters. The van der Waals surface area contributed by atoms with E-state index in [-0.39, 0.29) is 5.92 Å². The lowest BCUT2D eigenvalue weighted by Gasteiger charge is -2.08. The van der Waals surface area contributed by atoms with Crippen LogP contribution in [0.15, 0.2) is 0 Å². The second-order valence-corrected chi connectivity index (χ2v) is 1.92. The van der Waals surface area contributed by atoms with E-state index in [1.807, 2.05) is 6.92 Å². The summed E-state index contributed by atoms with van der Waals surface area (Å²) in [6, 6.07) is -0.618. The molecule has 0 heterocycles. The molecule has 0 aliphatic carbocycles. The van der Waals surface area contributed by atoms with Gasteiger partial charge in [-0.2, -0.15) is 0 Å². The zero-order valence-corrected chi connectivity index (χ0v) is 5.41. The second-order valence-electron chi connectivity index (χ2n) is 1.92. The number of hydrogen-bond donors (Lipinski definition) is 1. The van der Waals surface area contributed by atoms with Gasteiger partial charge in [0.2, 0.25) is 0 Å². The molecule has 0 fully saturated rings. The molecule has 52 valence electrons. The van der Waals surface area contributed by atoms with Crippen molar-refractivity contribution in [2.45, 2.75) is 19.4 Å². The molecule has 0 aliphatic heterocycles. The fourth-order valence-electron chi connectivity index (χ4n) is 0.560. The third kappa shape index (κ3) is 2.37. The summed E-state index contributed by atoms with van der Waals surface area (Å²) in [6.45, 7) is 1.82. The first kappa shape index (κ1) is 8.30. The van der Waals surface area contributed by atoms with Gasteiger partial charge in [0.25, 0.3) is 0 Å². The lowest BCUT2D eigenvalue weighted by Crippen LogP contribution is -2.31. The number of hydrogen-bond acceptors (Lipinski definition) is 3. The van der Waals surface area contributed by atoms with Gasteiger partial charge in [0, 0.05) is 5.92 Å². The van der Waals surface area contributed by atoms with Gasteiger partial charge in [-0.25, -0.2) is 0 Å². The van der Waals surface area contributed by atoms with Crippen molar-refractivity contribution in [3.8, 4) is 0 Å². The molecule has 0 amide bonds. The first-order chi connectivity index (χ1) is 4.26. The predicted octanol–water partition coefficient (Wildman–Crippen LogP) is -0.262. The van der Waals surface area contributed by atoms with Gasteiger partial charge in [-0.3, -0.25) is 0 Å². The largest absolute Gasteiger partial charge is 0.321 e. The minimum absolute atomic E-state index is 0.303. The summed E-state index contributed by atoms with van der Waals surface area (Å²) in [5, 5.41) is 0. The summed E-state index contributed by atoms with van der Waals surface area (Å²) in [4.78, 5) is 20.1. The third-order valence-corrected chi connectivity index (χ3v) is 1.30. The molecule has 0 aromatic heterocycles. The van der Waals surface area contributed by atoms with Gasteiger partial charge in [-0.05, 0) is 6.42 Å². The molecule has 0 rings (SSSR count). The van der Waals surface area contributed by atoms with Gasteiger partial charge in [-0.15, -0.1) is 0 Å². The van der Waals surface area contributed by atoms with Crippen LogP contribution in [0, 0.1) is 5.92 Å². The van der Waals surface area contributed by atoms with E-state index in [0.29, 0.717) is 12.7 Å². The molecule has 9 heavy (non-hydrogen) atoms. The zero-order chi connectivity index (χ0) is 7.28. The fraction of sp³-hybridized carbons (Fsp3) is 0.667. The minimum Gasteiger partial charge on any atom is -0.321 e. The van der Waals surface area contributed by atoms with E-state index in [2.05, 4.69) is 0 Å². The van der Waals surface area contributed by atoms with E-state index in [4.69, 9.17) is 5.73 Å². The maximum atomic E-state index is 10.1. The topological polar surface area (TPSA) is 60.2 Å². The van der Waals surface area contributed by atoms with Crippen molar-refractivity contribution in [1.82, 2.24) is 0 Å².